The highest BCUT2D eigenvalue weighted by molar-refractivity contribution is 9.10. The molecule has 2 saturated heterocycles. The lowest BCUT2D eigenvalue weighted by atomic mass is 10.1. The summed E-state index contributed by atoms with van der Waals surface area (Å²) in [4.78, 5) is 27.9. The lowest BCUT2D eigenvalue weighted by molar-refractivity contribution is 0.0103. The molecule has 24 heavy (non-hydrogen) atoms. The van der Waals surface area contributed by atoms with E-state index in [-0.39, 0.29) is 5.91 Å². The van der Waals surface area contributed by atoms with Gasteiger partial charge in [0, 0.05) is 61.4 Å². The first-order valence-electron chi connectivity index (χ1n) is 8.24. The third kappa shape index (κ3) is 3.03. The molecule has 7 heteroatoms. The topological polar surface area (TPSA) is 52.6 Å². The molecule has 0 saturated carbocycles. The highest BCUT2D eigenvalue weighted by atomic mass is 79.9. The van der Waals surface area contributed by atoms with Gasteiger partial charge >= 0.3 is 0 Å². The van der Waals surface area contributed by atoms with Crippen LogP contribution in [0.4, 0.5) is 0 Å². The molecule has 1 aromatic heterocycles. The summed E-state index contributed by atoms with van der Waals surface area (Å²) in [5, 5.41) is 0.930. The number of amides is 1. The molecule has 2 fully saturated rings. The van der Waals surface area contributed by atoms with Crippen molar-refractivity contribution in [1.29, 1.82) is 0 Å². The zero-order chi connectivity index (χ0) is 16.7. The van der Waals surface area contributed by atoms with Crippen molar-refractivity contribution in [2.75, 3.05) is 46.3 Å². The van der Waals surface area contributed by atoms with Gasteiger partial charge in [0.25, 0.3) is 5.91 Å². The second kappa shape index (κ2) is 6.38. The average molecular weight is 390 g/mol. The van der Waals surface area contributed by atoms with Crippen molar-refractivity contribution < 1.29 is 4.79 Å². The first kappa shape index (κ1) is 15.9. The molecule has 4 rings (SSSR count). The zero-order valence-electron chi connectivity index (χ0n) is 13.7. The maximum absolute atomic E-state index is 12.6. The molecule has 126 valence electrons. The van der Waals surface area contributed by atoms with E-state index in [1.807, 2.05) is 23.1 Å². The van der Waals surface area contributed by atoms with E-state index in [9.17, 15) is 4.79 Å². The van der Waals surface area contributed by atoms with Gasteiger partial charge in [0.05, 0.1) is 5.52 Å². The van der Waals surface area contributed by atoms with E-state index in [1.165, 1.54) is 0 Å². The van der Waals surface area contributed by atoms with Crippen molar-refractivity contribution in [2.24, 2.45) is 0 Å². The Morgan fingerprint density at radius 2 is 1.96 bits per heavy atom. The Kier molecular flexibility index (Phi) is 4.24. The molecule has 0 atom stereocenters. The van der Waals surface area contributed by atoms with Crippen molar-refractivity contribution in [3.05, 3.63) is 34.7 Å². The van der Waals surface area contributed by atoms with Gasteiger partial charge in [-0.3, -0.25) is 9.69 Å². The summed E-state index contributed by atoms with van der Waals surface area (Å²) in [6.45, 7) is 5.95. The molecule has 1 aromatic carbocycles. The Bertz CT molecular complexity index is 769. The van der Waals surface area contributed by atoms with Gasteiger partial charge in [-0.1, -0.05) is 15.9 Å². The minimum atomic E-state index is -0.0646. The Hall–Kier alpha value is -1.57. The largest absolute Gasteiger partial charge is 0.333 e. The summed E-state index contributed by atoms with van der Waals surface area (Å²) >= 11 is 3.43. The summed E-state index contributed by atoms with van der Waals surface area (Å²) in [6, 6.07) is 6.27. The lowest BCUT2D eigenvalue weighted by Gasteiger charge is -2.47. The standard InChI is InChI=1S/C17H20BrN5O/c1-21-4-6-22(7-5-21)14-10-23(11-14)17(24)16-19-9-12-8-13(18)2-3-15(12)20-16/h2-3,8-9,14H,4-7,10-11H2,1H3. The minimum Gasteiger partial charge on any atom is -0.333 e. The molecule has 2 aliphatic heterocycles. The van der Waals surface area contributed by atoms with Crippen molar-refractivity contribution in [1.82, 2.24) is 24.7 Å². The van der Waals surface area contributed by atoms with E-state index in [0.29, 0.717) is 11.9 Å². The fourth-order valence-electron chi connectivity index (χ4n) is 3.29. The SMILES string of the molecule is CN1CCN(C2CN(C(=O)c3ncc4cc(Br)ccc4n3)C2)CC1. The van der Waals surface area contributed by atoms with Gasteiger partial charge in [-0.15, -0.1) is 0 Å². The Morgan fingerprint density at radius 1 is 1.21 bits per heavy atom. The summed E-state index contributed by atoms with van der Waals surface area (Å²) in [7, 11) is 2.16. The predicted octanol–water partition coefficient (Wildman–Crippen LogP) is 1.46. The van der Waals surface area contributed by atoms with Crippen molar-refractivity contribution in [3.63, 3.8) is 0 Å². The first-order valence-corrected chi connectivity index (χ1v) is 9.03. The van der Waals surface area contributed by atoms with Crippen LogP contribution in [0.3, 0.4) is 0 Å². The van der Waals surface area contributed by atoms with Crippen LogP contribution in [0, 0.1) is 0 Å². The molecule has 6 nitrogen and oxygen atoms in total. The molecule has 0 N–H and O–H groups in total. The molecule has 0 radical (unpaired) electrons. The summed E-state index contributed by atoms with van der Waals surface area (Å²) in [5.41, 5.74) is 0.799. The number of hydrogen-bond acceptors (Lipinski definition) is 5. The van der Waals surface area contributed by atoms with Gasteiger partial charge in [0.1, 0.15) is 0 Å². The number of aromatic nitrogens is 2. The number of fused-ring (bicyclic) bond motifs is 1. The van der Waals surface area contributed by atoms with Gasteiger partial charge in [-0.2, -0.15) is 0 Å². The summed E-state index contributed by atoms with van der Waals surface area (Å²) in [5.74, 6) is 0.229. The van der Waals surface area contributed by atoms with Crippen molar-refractivity contribution in [2.45, 2.75) is 6.04 Å². The number of likely N-dealkylation sites (tertiary alicyclic amines) is 1. The number of halogens is 1. The van der Waals surface area contributed by atoms with Gasteiger partial charge in [-0.05, 0) is 25.2 Å². The van der Waals surface area contributed by atoms with Crippen molar-refractivity contribution >= 4 is 32.7 Å². The van der Waals surface area contributed by atoms with Gasteiger partial charge in [0.2, 0.25) is 5.82 Å². The molecular formula is C17H20BrN5O. The van der Waals surface area contributed by atoms with E-state index in [0.717, 1.165) is 54.6 Å². The first-order chi connectivity index (χ1) is 11.6. The fraction of sp³-hybridized carbons (Fsp3) is 0.471. The van der Waals surface area contributed by atoms with Crippen LogP contribution < -0.4 is 0 Å². The number of nitrogens with zero attached hydrogens (tertiary/aromatic N) is 5. The van der Waals surface area contributed by atoms with E-state index in [2.05, 4.69) is 42.7 Å². The Labute approximate surface area is 149 Å². The molecule has 1 amide bonds. The normalized spacial score (nSPS) is 20.3. The molecule has 0 aliphatic carbocycles. The van der Waals surface area contributed by atoms with E-state index in [4.69, 9.17) is 0 Å². The number of benzene rings is 1. The minimum absolute atomic E-state index is 0.0646. The summed E-state index contributed by atoms with van der Waals surface area (Å²) < 4.78 is 0.982. The van der Waals surface area contributed by atoms with E-state index in [1.54, 1.807) is 6.20 Å². The number of carbonyl (C=O) groups excluding carboxylic acids is 1. The molecular weight excluding hydrogens is 370 g/mol. The summed E-state index contributed by atoms with van der Waals surface area (Å²) in [6.07, 6.45) is 1.72. The van der Waals surface area contributed by atoms with Crippen LogP contribution in [-0.4, -0.2) is 82.9 Å². The van der Waals surface area contributed by atoms with E-state index < -0.39 is 0 Å². The van der Waals surface area contributed by atoms with Crippen LogP contribution in [0.5, 0.6) is 0 Å². The smallest absolute Gasteiger partial charge is 0.291 e. The second-order valence-corrected chi connectivity index (χ2v) is 7.52. The van der Waals surface area contributed by atoms with Crippen LogP contribution in [0.15, 0.2) is 28.9 Å². The number of carbonyl (C=O) groups is 1. The van der Waals surface area contributed by atoms with Crippen LogP contribution in [0.25, 0.3) is 10.9 Å². The Morgan fingerprint density at radius 3 is 2.71 bits per heavy atom. The van der Waals surface area contributed by atoms with Crippen LogP contribution >= 0.6 is 15.9 Å². The highest BCUT2D eigenvalue weighted by Crippen LogP contribution is 2.21. The second-order valence-electron chi connectivity index (χ2n) is 6.60. The van der Waals surface area contributed by atoms with Crippen LogP contribution in [0.2, 0.25) is 0 Å². The predicted molar refractivity (Wildman–Crippen MR) is 96.0 cm³/mol. The molecule has 0 unspecified atom stereocenters. The number of piperazine rings is 1. The molecule has 0 bridgehead atoms. The average Bonchev–Trinajstić information content (AvgIpc) is 2.54. The molecule has 2 aromatic rings. The van der Waals surface area contributed by atoms with E-state index >= 15 is 0 Å². The number of likely N-dealkylation sites (N-methyl/N-ethyl adjacent to an activating group) is 1. The van der Waals surface area contributed by atoms with Gasteiger partial charge in [-0.25, -0.2) is 9.97 Å². The molecule has 2 aliphatic rings. The van der Waals surface area contributed by atoms with Crippen molar-refractivity contribution in [3.8, 4) is 0 Å². The maximum atomic E-state index is 12.6. The third-order valence-corrected chi connectivity index (χ3v) is 5.43. The highest BCUT2D eigenvalue weighted by Gasteiger charge is 2.36. The van der Waals surface area contributed by atoms with Gasteiger partial charge < -0.3 is 9.80 Å². The lowest BCUT2D eigenvalue weighted by Crippen LogP contribution is -2.64. The quantitative estimate of drug-likeness (QED) is 0.778. The molecule has 0 spiro atoms. The maximum Gasteiger partial charge on any atom is 0.291 e. The third-order valence-electron chi connectivity index (χ3n) is 4.94. The van der Waals surface area contributed by atoms with Crippen LogP contribution in [-0.2, 0) is 0 Å². The zero-order valence-corrected chi connectivity index (χ0v) is 15.2. The fourth-order valence-corrected chi connectivity index (χ4v) is 3.67. The molecule has 3 heterocycles. The van der Waals surface area contributed by atoms with Crippen LogP contribution in [0.1, 0.15) is 10.6 Å². The Balaban J connectivity index is 1.41. The monoisotopic (exact) mass is 389 g/mol. The number of rotatable bonds is 2. The number of hydrogen-bond donors (Lipinski definition) is 0. The van der Waals surface area contributed by atoms with Gasteiger partial charge in [0.15, 0.2) is 0 Å².